The summed E-state index contributed by atoms with van der Waals surface area (Å²) in [6.45, 7) is 6.21. The molecule has 1 heterocycles. The molecular weight excluding hydrogens is 374 g/mol. The predicted octanol–water partition coefficient (Wildman–Crippen LogP) is 4.45. The predicted molar refractivity (Wildman–Crippen MR) is 123 cm³/mol. The molecule has 0 spiro atoms. The van der Waals surface area contributed by atoms with E-state index in [2.05, 4.69) is 28.5 Å². The van der Waals surface area contributed by atoms with Gasteiger partial charge in [0.1, 0.15) is 6.04 Å². The maximum absolute atomic E-state index is 13.0. The van der Waals surface area contributed by atoms with Crippen LogP contribution in [-0.2, 0) is 16.0 Å². The number of nitrogens with zero attached hydrogens (tertiary/aromatic N) is 1. The largest absolute Gasteiger partial charge is 0.371 e. The molecule has 1 unspecified atom stereocenters. The number of hydrogen-bond acceptors (Lipinski definition) is 3. The Bertz CT molecular complexity index is 859. The highest BCUT2D eigenvalue weighted by Gasteiger charge is 2.21. The molecule has 1 saturated heterocycles. The molecular formula is C25H33N3O2. The number of benzene rings is 2. The summed E-state index contributed by atoms with van der Waals surface area (Å²) >= 11 is 0. The average molecular weight is 408 g/mol. The minimum Gasteiger partial charge on any atom is -0.371 e. The smallest absolute Gasteiger partial charge is 0.246 e. The molecule has 1 fully saturated rings. The quantitative estimate of drug-likeness (QED) is 0.645. The van der Waals surface area contributed by atoms with Gasteiger partial charge in [-0.15, -0.1) is 0 Å². The van der Waals surface area contributed by atoms with Crippen LogP contribution in [0, 0.1) is 6.92 Å². The van der Waals surface area contributed by atoms with Crippen LogP contribution in [0.5, 0.6) is 0 Å². The SMILES string of the molecule is CCCCC(NC(=O)Cc1ccccc1C)C(=O)Nc1cccc(N2CCCC2)c1. The van der Waals surface area contributed by atoms with Crippen LogP contribution in [0.15, 0.2) is 48.5 Å². The standard InChI is InChI=1S/C25H33N3O2/c1-3-4-14-23(27-24(29)17-20-11-6-5-10-19(20)2)25(30)26-21-12-9-13-22(18-21)28-15-7-8-16-28/h5-6,9-13,18,23H,3-4,7-8,14-17H2,1-2H3,(H,26,30)(H,27,29). The molecule has 160 valence electrons. The molecule has 1 aliphatic rings. The summed E-state index contributed by atoms with van der Waals surface area (Å²) in [6, 6.07) is 15.3. The van der Waals surface area contributed by atoms with Crippen LogP contribution in [0.3, 0.4) is 0 Å². The maximum Gasteiger partial charge on any atom is 0.246 e. The van der Waals surface area contributed by atoms with Gasteiger partial charge in [0.15, 0.2) is 0 Å². The van der Waals surface area contributed by atoms with Crippen LogP contribution in [-0.4, -0.2) is 30.9 Å². The summed E-state index contributed by atoms with van der Waals surface area (Å²) in [6.07, 6.45) is 5.20. The van der Waals surface area contributed by atoms with Crippen molar-refractivity contribution >= 4 is 23.2 Å². The van der Waals surface area contributed by atoms with Gasteiger partial charge in [0.25, 0.3) is 0 Å². The summed E-state index contributed by atoms with van der Waals surface area (Å²) in [5, 5.41) is 5.97. The molecule has 2 aromatic rings. The van der Waals surface area contributed by atoms with E-state index in [-0.39, 0.29) is 18.2 Å². The number of aryl methyl sites for hydroxylation is 1. The van der Waals surface area contributed by atoms with Gasteiger partial charge in [0.05, 0.1) is 6.42 Å². The Balaban J connectivity index is 1.64. The van der Waals surface area contributed by atoms with Crippen molar-refractivity contribution in [3.63, 3.8) is 0 Å². The fraction of sp³-hybridized carbons (Fsp3) is 0.440. The molecule has 2 amide bonds. The number of nitrogens with one attached hydrogen (secondary N) is 2. The number of carbonyl (C=O) groups excluding carboxylic acids is 2. The lowest BCUT2D eigenvalue weighted by Crippen LogP contribution is -2.44. The molecule has 2 aromatic carbocycles. The monoisotopic (exact) mass is 407 g/mol. The number of rotatable bonds is 9. The van der Waals surface area contributed by atoms with E-state index in [9.17, 15) is 9.59 Å². The lowest BCUT2D eigenvalue weighted by atomic mass is 10.0. The van der Waals surface area contributed by atoms with E-state index in [1.54, 1.807) is 0 Å². The summed E-state index contributed by atoms with van der Waals surface area (Å²) < 4.78 is 0. The Morgan fingerprint density at radius 1 is 1.07 bits per heavy atom. The van der Waals surface area contributed by atoms with Gasteiger partial charge in [-0.05, 0) is 55.5 Å². The fourth-order valence-corrected chi connectivity index (χ4v) is 3.89. The molecule has 0 saturated carbocycles. The lowest BCUT2D eigenvalue weighted by molar-refractivity contribution is -0.126. The Labute approximate surface area is 179 Å². The van der Waals surface area contributed by atoms with Crippen LogP contribution in [0.4, 0.5) is 11.4 Å². The minimum absolute atomic E-state index is 0.119. The second-order valence-electron chi connectivity index (χ2n) is 8.10. The van der Waals surface area contributed by atoms with E-state index in [4.69, 9.17) is 0 Å². The van der Waals surface area contributed by atoms with E-state index in [0.717, 1.165) is 48.4 Å². The summed E-state index contributed by atoms with van der Waals surface area (Å²) in [5.41, 5.74) is 3.99. The van der Waals surface area contributed by atoms with Crippen molar-refractivity contribution in [3.8, 4) is 0 Å². The maximum atomic E-state index is 13.0. The fourth-order valence-electron chi connectivity index (χ4n) is 3.89. The number of unbranched alkanes of at least 4 members (excludes halogenated alkanes) is 1. The number of carbonyl (C=O) groups is 2. The molecule has 30 heavy (non-hydrogen) atoms. The first-order chi connectivity index (χ1) is 14.6. The van der Waals surface area contributed by atoms with Crippen molar-refractivity contribution in [2.45, 2.75) is 58.4 Å². The van der Waals surface area contributed by atoms with Gasteiger partial charge >= 0.3 is 0 Å². The minimum atomic E-state index is -0.531. The molecule has 2 N–H and O–H groups in total. The van der Waals surface area contributed by atoms with Crippen molar-refractivity contribution in [1.29, 1.82) is 0 Å². The first-order valence-corrected chi connectivity index (χ1v) is 11.1. The highest BCUT2D eigenvalue weighted by Crippen LogP contribution is 2.23. The third-order valence-corrected chi connectivity index (χ3v) is 5.70. The topological polar surface area (TPSA) is 61.4 Å². The van der Waals surface area contributed by atoms with Gasteiger partial charge in [0.2, 0.25) is 11.8 Å². The number of hydrogen-bond donors (Lipinski definition) is 2. The molecule has 0 bridgehead atoms. The van der Waals surface area contributed by atoms with E-state index < -0.39 is 6.04 Å². The zero-order valence-electron chi connectivity index (χ0n) is 18.1. The van der Waals surface area contributed by atoms with Gasteiger partial charge in [-0.25, -0.2) is 0 Å². The Kier molecular flexibility index (Phi) is 7.89. The number of amides is 2. The molecule has 0 radical (unpaired) electrons. The van der Waals surface area contributed by atoms with Gasteiger partial charge < -0.3 is 15.5 Å². The van der Waals surface area contributed by atoms with Crippen molar-refractivity contribution in [2.24, 2.45) is 0 Å². The molecule has 3 rings (SSSR count). The van der Waals surface area contributed by atoms with Crippen LogP contribution in [0.2, 0.25) is 0 Å². The van der Waals surface area contributed by atoms with Crippen molar-refractivity contribution in [1.82, 2.24) is 5.32 Å². The van der Waals surface area contributed by atoms with Gasteiger partial charge in [-0.3, -0.25) is 9.59 Å². The lowest BCUT2D eigenvalue weighted by Gasteiger charge is -2.21. The zero-order valence-corrected chi connectivity index (χ0v) is 18.1. The first-order valence-electron chi connectivity index (χ1n) is 11.1. The molecule has 0 aromatic heterocycles. The van der Waals surface area contributed by atoms with E-state index >= 15 is 0 Å². The summed E-state index contributed by atoms with van der Waals surface area (Å²) in [4.78, 5) is 27.9. The Morgan fingerprint density at radius 3 is 2.57 bits per heavy atom. The van der Waals surface area contributed by atoms with Gasteiger partial charge in [0, 0.05) is 24.5 Å². The van der Waals surface area contributed by atoms with Gasteiger partial charge in [-0.1, -0.05) is 50.1 Å². The van der Waals surface area contributed by atoms with Crippen LogP contribution in [0.25, 0.3) is 0 Å². The van der Waals surface area contributed by atoms with E-state index in [0.29, 0.717) is 6.42 Å². The zero-order chi connectivity index (χ0) is 21.3. The Hall–Kier alpha value is -2.82. The van der Waals surface area contributed by atoms with Crippen LogP contribution < -0.4 is 15.5 Å². The average Bonchev–Trinajstić information content (AvgIpc) is 3.28. The highest BCUT2D eigenvalue weighted by atomic mass is 16.2. The van der Waals surface area contributed by atoms with Crippen LogP contribution in [0.1, 0.15) is 50.2 Å². The third-order valence-electron chi connectivity index (χ3n) is 5.70. The molecule has 1 atom stereocenters. The molecule has 5 nitrogen and oxygen atoms in total. The second kappa shape index (κ2) is 10.8. The molecule has 1 aliphatic heterocycles. The van der Waals surface area contributed by atoms with Crippen LogP contribution >= 0.6 is 0 Å². The van der Waals surface area contributed by atoms with Crippen molar-refractivity contribution < 1.29 is 9.59 Å². The molecule has 0 aliphatic carbocycles. The third kappa shape index (κ3) is 6.09. The highest BCUT2D eigenvalue weighted by molar-refractivity contribution is 5.97. The normalized spacial score (nSPS) is 14.4. The second-order valence-corrected chi connectivity index (χ2v) is 8.10. The van der Waals surface area contributed by atoms with Crippen molar-refractivity contribution in [2.75, 3.05) is 23.3 Å². The van der Waals surface area contributed by atoms with E-state index in [1.165, 1.54) is 12.8 Å². The van der Waals surface area contributed by atoms with Gasteiger partial charge in [-0.2, -0.15) is 0 Å². The van der Waals surface area contributed by atoms with E-state index in [1.807, 2.05) is 49.4 Å². The number of anilines is 2. The summed E-state index contributed by atoms with van der Waals surface area (Å²) in [7, 11) is 0. The Morgan fingerprint density at radius 2 is 1.83 bits per heavy atom. The summed E-state index contributed by atoms with van der Waals surface area (Å²) in [5.74, 6) is -0.272. The molecule has 5 heteroatoms. The van der Waals surface area contributed by atoms with Crippen molar-refractivity contribution in [3.05, 3.63) is 59.7 Å². The first kappa shape index (κ1) is 21.9.